The van der Waals surface area contributed by atoms with Gasteiger partial charge in [-0.05, 0) is 85.3 Å². The Kier molecular flexibility index (Phi) is 5.96. The van der Waals surface area contributed by atoms with Gasteiger partial charge in [-0.1, -0.05) is 53.7 Å². The first-order valence-corrected chi connectivity index (χ1v) is 10.9. The normalized spacial score (nSPS) is 27.6. The SMILES string of the molecule is CC(Oc1ccc(C(CC(C)(C)C)C(C)(C)C)cc1)OC1CC2CCC1C2. The summed E-state index contributed by atoms with van der Waals surface area (Å²) in [6, 6.07) is 8.75. The van der Waals surface area contributed by atoms with E-state index in [1.165, 1.54) is 37.7 Å². The van der Waals surface area contributed by atoms with Crippen molar-refractivity contribution in [1.82, 2.24) is 0 Å². The molecule has 27 heavy (non-hydrogen) atoms. The standard InChI is InChI=1S/C25H40O2/c1-17(27-23-15-18-8-9-20(23)14-18)26-21-12-10-19(11-13-21)22(25(5,6)7)16-24(2,3)4/h10-13,17-18,20,22-23H,8-9,14-16H2,1-7H3. The van der Waals surface area contributed by atoms with Gasteiger partial charge in [-0.25, -0.2) is 0 Å². The third-order valence-electron chi connectivity index (χ3n) is 6.49. The highest BCUT2D eigenvalue weighted by Crippen LogP contribution is 2.46. The molecule has 2 fully saturated rings. The fourth-order valence-corrected chi connectivity index (χ4v) is 5.13. The molecule has 0 radical (unpaired) electrons. The molecule has 0 N–H and O–H groups in total. The second-order valence-corrected chi connectivity index (χ2v) is 11.3. The molecule has 2 heteroatoms. The largest absolute Gasteiger partial charge is 0.465 e. The fourth-order valence-electron chi connectivity index (χ4n) is 5.13. The Bertz CT molecular complexity index is 605. The minimum atomic E-state index is -0.173. The molecule has 0 aliphatic heterocycles. The molecule has 0 heterocycles. The van der Waals surface area contributed by atoms with Crippen LogP contribution in [0, 0.1) is 22.7 Å². The highest BCUT2D eigenvalue weighted by atomic mass is 16.7. The number of fused-ring (bicyclic) bond motifs is 2. The van der Waals surface area contributed by atoms with Crippen molar-refractivity contribution in [3.63, 3.8) is 0 Å². The third-order valence-corrected chi connectivity index (χ3v) is 6.49. The minimum absolute atomic E-state index is 0.173. The van der Waals surface area contributed by atoms with Crippen LogP contribution in [0.4, 0.5) is 0 Å². The summed E-state index contributed by atoms with van der Waals surface area (Å²) in [5.74, 6) is 3.13. The molecule has 5 atom stereocenters. The summed E-state index contributed by atoms with van der Waals surface area (Å²) in [4.78, 5) is 0. The first-order chi connectivity index (χ1) is 12.5. The molecule has 3 rings (SSSR count). The fraction of sp³-hybridized carbons (Fsp3) is 0.760. The maximum atomic E-state index is 6.22. The molecule has 2 bridgehead atoms. The van der Waals surface area contributed by atoms with Gasteiger partial charge in [-0.3, -0.25) is 0 Å². The van der Waals surface area contributed by atoms with Gasteiger partial charge in [-0.2, -0.15) is 0 Å². The van der Waals surface area contributed by atoms with Gasteiger partial charge in [0.15, 0.2) is 6.29 Å². The van der Waals surface area contributed by atoms with Crippen LogP contribution in [0.15, 0.2) is 24.3 Å². The molecule has 5 unspecified atom stereocenters. The van der Waals surface area contributed by atoms with Crippen molar-refractivity contribution in [1.29, 1.82) is 0 Å². The van der Waals surface area contributed by atoms with Gasteiger partial charge in [-0.15, -0.1) is 0 Å². The van der Waals surface area contributed by atoms with E-state index in [-0.39, 0.29) is 11.7 Å². The van der Waals surface area contributed by atoms with Crippen LogP contribution >= 0.6 is 0 Å². The first-order valence-electron chi connectivity index (χ1n) is 10.9. The maximum absolute atomic E-state index is 6.22. The zero-order valence-electron chi connectivity index (χ0n) is 18.5. The zero-order valence-corrected chi connectivity index (χ0v) is 18.5. The summed E-state index contributed by atoms with van der Waals surface area (Å²) in [7, 11) is 0. The number of rotatable bonds is 6. The number of hydrogen-bond acceptors (Lipinski definition) is 2. The quantitative estimate of drug-likeness (QED) is 0.492. The summed E-state index contributed by atoms with van der Waals surface area (Å²) in [5, 5.41) is 0. The Balaban J connectivity index is 1.60. The van der Waals surface area contributed by atoms with E-state index in [0.717, 1.165) is 17.6 Å². The molecule has 0 aromatic heterocycles. The van der Waals surface area contributed by atoms with Crippen molar-refractivity contribution in [2.45, 2.75) is 98.9 Å². The first kappa shape index (κ1) is 20.7. The van der Waals surface area contributed by atoms with Crippen molar-refractivity contribution < 1.29 is 9.47 Å². The smallest absolute Gasteiger partial charge is 0.197 e. The van der Waals surface area contributed by atoms with Crippen molar-refractivity contribution in [2.24, 2.45) is 22.7 Å². The summed E-state index contributed by atoms with van der Waals surface area (Å²) >= 11 is 0. The summed E-state index contributed by atoms with van der Waals surface area (Å²) < 4.78 is 12.3. The number of ether oxygens (including phenoxy) is 2. The summed E-state index contributed by atoms with van der Waals surface area (Å²) in [6.07, 6.45) is 6.78. The molecule has 2 aliphatic carbocycles. The van der Waals surface area contributed by atoms with E-state index < -0.39 is 0 Å². The van der Waals surface area contributed by atoms with Crippen LogP contribution in [0.25, 0.3) is 0 Å². The van der Waals surface area contributed by atoms with E-state index in [1.54, 1.807) is 0 Å². The molecule has 1 aromatic carbocycles. The van der Waals surface area contributed by atoms with Crippen LogP contribution < -0.4 is 4.74 Å². The molecule has 1 aromatic rings. The van der Waals surface area contributed by atoms with Gasteiger partial charge in [0, 0.05) is 0 Å². The average molecular weight is 373 g/mol. The zero-order chi connectivity index (χ0) is 19.8. The van der Waals surface area contributed by atoms with Crippen LogP contribution in [0.3, 0.4) is 0 Å². The molecule has 0 amide bonds. The molecular weight excluding hydrogens is 332 g/mol. The predicted octanol–water partition coefficient (Wildman–Crippen LogP) is 7.18. The maximum Gasteiger partial charge on any atom is 0.197 e. The lowest BCUT2D eigenvalue weighted by molar-refractivity contribution is -0.123. The second-order valence-electron chi connectivity index (χ2n) is 11.3. The van der Waals surface area contributed by atoms with Gasteiger partial charge in [0.05, 0.1) is 6.10 Å². The minimum Gasteiger partial charge on any atom is -0.465 e. The highest BCUT2D eigenvalue weighted by molar-refractivity contribution is 5.30. The van der Waals surface area contributed by atoms with Crippen molar-refractivity contribution in [2.75, 3.05) is 0 Å². The Morgan fingerprint density at radius 1 is 0.963 bits per heavy atom. The predicted molar refractivity (Wildman–Crippen MR) is 113 cm³/mol. The Morgan fingerprint density at radius 3 is 2.11 bits per heavy atom. The van der Waals surface area contributed by atoms with Gasteiger partial charge < -0.3 is 9.47 Å². The Morgan fingerprint density at radius 2 is 1.63 bits per heavy atom. The van der Waals surface area contributed by atoms with Crippen LogP contribution in [0.5, 0.6) is 5.75 Å². The van der Waals surface area contributed by atoms with Crippen molar-refractivity contribution in [3.05, 3.63) is 29.8 Å². The monoisotopic (exact) mass is 372 g/mol. The van der Waals surface area contributed by atoms with Crippen LogP contribution in [0.1, 0.15) is 92.1 Å². The molecule has 152 valence electrons. The van der Waals surface area contributed by atoms with Crippen LogP contribution in [-0.2, 0) is 4.74 Å². The van der Waals surface area contributed by atoms with Crippen molar-refractivity contribution >= 4 is 0 Å². The molecule has 2 nitrogen and oxygen atoms in total. The molecule has 0 saturated heterocycles. The lowest BCUT2D eigenvalue weighted by Crippen LogP contribution is -2.28. The molecule has 2 aliphatic rings. The Hall–Kier alpha value is -1.02. The van der Waals surface area contributed by atoms with Crippen LogP contribution in [0.2, 0.25) is 0 Å². The van der Waals surface area contributed by atoms with E-state index in [9.17, 15) is 0 Å². The average Bonchev–Trinajstić information content (AvgIpc) is 3.14. The topological polar surface area (TPSA) is 18.5 Å². The molecular formula is C25H40O2. The van der Waals surface area contributed by atoms with Crippen molar-refractivity contribution in [3.8, 4) is 5.75 Å². The van der Waals surface area contributed by atoms with E-state index in [0.29, 0.717) is 17.4 Å². The van der Waals surface area contributed by atoms with Gasteiger partial charge in [0.2, 0.25) is 0 Å². The molecule has 2 saturated carbocycles. The van der Waals surface area contributed by atoms with Crippen LogP contribution in [-0.4, -0.2) is 12.4 Å². The van der Waals surface area contributed by atoms with Gasteiger partial charge >= 0.3 is 0 Å². The Labute approximate surface area is 167 Å². The third kappa shape index (κ3) is 5.50. The van der Waals surface area contributed by atoms with Gasteiger partial charge in [0.1, 0.15) is 5.75 Å². The summed E-state index contributed by atoms with van der Waals surface area (Å²) in [5.41, 5.74) is 1.97. The molecule has 0 spiro atoms. The second kappa shape index (κ2) is 7.78. The van der Waals surface area contributed by atoms with Gasteiger partial charge in [0.25, 0.3) is 0 Å². The lowest BCUT2D eigenvalue weighted by Gasteiger charge is -2.36. The number of hydrogen-bond donors (Lipinski definition) is 0. The van der Waals surface area contributed by atoms with E-state index >= 15 is 0 Å². The highest BCUT2D eigenvalue weighted by Gasteiger charge is 2.41. The van der Waals surface area contributed by atoms with E-state index in [2.05, 4.69) is 65.8 Å². The van der Waals surface area contributed by atoms with E-state index in [4.69, 9.17) is 9.47 Å². The number of benzene rings is 1. The summed E-state index contributed by atoms with van der Waals surface area (Å²) in [6.45, 7) is 16.1. The lowest BCUT2D eigenvalue weighted by atomic mass is 9.69. The van der Waals surface area contributed by atoms with E-state index in [1.807, 2.05) is 6.92 Å².